The molecule has 0 saturated carbocycles. The zero-order valence-corrected chi connectivity index (χ0v) is 14.4. The molecule has 0 radical (unpaired) electrons. The summed E-state index contributed by atoms with van der Waals surface area (Å²) < 4.78 is 6.30. The predicted molar refractivity (Wildman–Crippen MR) is 94.4 cm³/mol. The van der Waals surface area contributed by atoms with Crippen molar-refractivity contribution in [1.82, 2.24) is 0 Å². The van der Waals surface area contributed by atoms with Crippen LogP contribution in [0.3, 0.4) is 0 Å². The zero-order valence-electron chi connectivity index (χ0n) is 12.1. The minimum Gasteiger partial charge on any atom is -0.464 e. The number of nitro benzene ring substituents is 1. The minimum atomic E-state index is -0.549. The lowest BCUT2D eigenvalue weighted by Gasteiger charge is -2.06. The lowest BCUT2D eigenvalue weighted by atomic mass is 10.1. The van der Waals surface area contributed by atoms with E-state index in [0.29, 0.717) is 11.3 Å². The molecule has 0 bridgehead atoms. The van der Waals surface area contributed by atoms with Crippen molar-refractivity contribution in [1.29, 1.82) is 0 Å². The molecule has 0 aliphatic carbocycles. The fourth-order valence-corrected chi connectivity index (χ4v) is 2.86. The van der Waals surface area contributed by atoms with Crippen molar-refractivity contribution in [3.05, 3.63) is 67.8 Å². The third-order valence-electron chi connectivity index (χ3n) is 3.40. The van der Waals surface area contributed by atoms with Crippen LogP contribution in [0, 0.1) is 10.1 Å². The fraction of sp³-hybridized carbons (Fsp3) is 0.0625. The topological polar surface area (TPSA) is 85.4 Å². The Balaban J connectivity index is 1.78. The molecule has 0 aliphatic rings. The van der Waals surface area contributed by atoms with Gasteiger partial charge in [-0.25, -0.2) is 0 Å². The molecule has 1 aromatic heterocycles. The number of carbonyl (C=O) groups excluding carboxylic acids is 1. The van der Waals surface area contributed by atoms with Crippen LogP contribution in [-0.4, -0.2) is 10.8 Å². The molecule has 3 rings (SSSR count). The smallest absolute Gasteiger partial charge is 0.271 e. The van der Waals surface area contributed by atoms with E-state index in [9.17, 15) is 14.9 Å². The summed E-state index contributed by atoms with van der Waals surface area (Å²) in [5.41, 5.74) is 1.61. The average Bonchev–Trinajstić information content (AvgIpc) is 2.91. The van der Waals surface area contributed by atoms with Crippen molar-refractivity contribution in [3.63, 3.8) is 0 Å². The van der Waals surface area contributed by atoms with Gasteiger partial charge in [-0.3, -0.25) is 14.9 Å². The lowest BCUT2D eigenvalue weighted by molar-refractivity contribution is -0.384. The Kier molecular flexibility index (Phi) is 4.55. The van der Waals surface area contributed by atoms with Crippen molar-refractivity contribution < 1.29 is 14.1 Å². The molecule has 1 N–H and O–H groups in total. The molecule has 8 heteroatoms. The number of nitrogens with zero attached hydrogens (tertiary/aromatic N) is 1. The molecule has 0 unspecified atom stereocenters. The van der Waals surface area contributed by atoms with Gasteiger partial charge in [0.15, 0.2) is 0 Å². The van der Waals surface area contributed by atoms with Crippen molar-refractivity contribution in [2.24, 2.45) is 0 Å². The highest BCUT2D eigenvalue weighted by Gasteiger charge is 2.14. The molecule has 0 spiro atoms. The number of carbonyl (C=O) groups is 1. The highest BCUT2D eigenvalue weighted by Crippen LogP contribution is 2.28. The molecule has 0 atom stereocenters. The van der Waals surface area contributed by atoms with Crippen LogP contribution < -0.4 is 5.32 Å². The highest BCUT2D eigenvalue weighted by atomic mass is 79.9. The molecule has 1 amide bonds. The van der Waals surface area contributed by atoms with Crippen LogP contribution in [0.4, 0.5) is 11.4 Å². The van der Waals surface area contributed by atoms with Gasteiger partial charge in [0.05, 0.1) is 28.3 Å². The zero-order chi connectivity index (χ0) is 17.3. The number of halogens is 2. The number of hydrogen-bond donors (Lipinski definition) is 1. The first-order chi connectivity index (χ1) is 11.4. The van der Waals surface area contributed by atoms with Crippen LogP contribution in [0.1, 0.15) is 5.56 Å². The first kappa shape index (κ1) is 16.5. The summed E-state index contributed by atoms with van der Waals surface area (Å²) in [7, 11) is 0. The van der Waals surface area contributed by atoms with Gasteiger partial charge in [-0.15, -0.1) is 0 Å². The molecule has 1 heterocycles. The summed E-state index contributed by atoms with van der Waals surface area (Å²) in [6.45, 7) is 0. The van der Waals surface area contributed by atoms with E-state index in [-0.39, 0.29) is 23.0 Å². The van der Waals surface area contributed by atoms with E-state index in [1.165, 1.54) is 24.5 Å². The Hall–Kier alpha value is -2.38. The van der Waals surface area contributed by atoms with Gasteiger partial charge < -0.3 is 9.73 Å². The number of anilines is 1. The van der Waals surface area contributed by atoms with E-state index in [1.807, 2.05) is 18.2 Å². The summed E-state index contributed by atoms with van der Waals surface area (Å²) >= 11 is 9.36. The van der Waals surface area contributed by atoms with Gasteiger partial charge >= 0.3 is 0 Å². The van der Waals surface area contributed by atoms with E-state index in [4.69, 9.17) is 16.0 Å². The Bertz CT molecular complexity index is 954. The Morgan fingerprint density at radius 3 is 2.79 bits per heavy atom. The van der Waals surface area contributed by atoms with E-state index in [0.717, 1.165) is 15.4 Å². The third-order valence-corrected chi connectivity index (χ3v) is 4.21. The van der Waals surface area contributed by atoms with Gasteiger partial charge in [0.2, 0.25) is 5.91 Å². The number of hydrogen-bond acceptors (Lipinski definition) is 4. The van der Waals surface area contributed by atoms with E-state index < -0.39 is 4.92 Å². The van der Waals surface area contributed by atoms with Gasteiger partial charge in [-0.2, -0.15) is 0 Å². The van der Waals surface area contributed by atoms with Crippen molar-refractivity contribution in [3.8, 4) is 0 Å². The predicted octanol–water partition coefficient (Wildman–Crippen LogP) is 4.94. The quantitative estimate of drug-likeness (QED) is 0.488. The maximum absolute atomic E-state index is 12.2. The number of amides is 1. The Morgan fingerprint density at radius 2 is 2.08 bits per heavy atom. The van der Waals surface area contributed by atoms with Gasteiger partial charge in [0.1, 0.15) is 5.58 Å². The maximum Gasteiger partial charge on any atom is 0.271 e. The van der Waals surface area contributed by atoms with E-state index >= 15 is 0 Å². The second kappa shape index (κ2) is 6.62. The van der Waals surface area contributed by atoms with Crippen LogP contribution in [0.2, 0.25) is 5.02 Å². The normalized spacial score (nSPS) is 10.8. The maximum atomic E-state index is 12.2. The Morgan fingerprint density at radius 1 is 1.29 bits per heavy atom. The Labute approximate surface area is 149 Å². The second-order valence-electron chi connectivity index (χ2n) is 5.05. The minimum absolute atomic E-state index is 0.0940. The number of nitrogens with one attached hydrogen (secondary N) is 1. The van der Waals surface area contributed by atoms with Crippen molar-refractivity contribution in [2.75, 3.05) is 5.32 Å². The SMILES string of the molecule is O=C(Cc1coc2ccc(Br)cc12)Nc1ccc([N+](=O)[O-])cc1Cl. The van der Waals surface area contributed by atoms with E-state index in [1.54, 1.807) is 0 Å². The first-order valence-electron chi connectivity index (χ1n) is 6.83. The molecule has 0 fully saturated rings. The van der Waals surface area contributed by atoms with E-state index in [2.05, 4.69) is 21.2 Å². The summed E-state index contributed by atoms with van der Waals surface area (Å²) in [6.07, 6.45) is 1.63. The average molecular weight is 410 g/mol. The largest absolute Gasteiger partial charge is 0.464 e. The van der Waals surface area contributed by atoms with Gasteiger partial charge in [-0.1, -0.05) is 27.5 Å². The second-order valence-corrected chi connectivity index (χ2v) is 6.37. The summed E-state index contributed by atoms with van der Waals surface area (Å²) in [5.74, 6) is -0.298. The number of benzene rings is 2. The number of fused-ring (bicyclic) bond motifs is 1. The first-order valence-corrected chi connectivity index (χ1v) is 8.00. The number of rotatable bonds is 4. The molecular formula is C16H10BrClN2O4. The number of furan rings is 1. The molecule has 122 valence electrons. The fourth-order valence-electron chi connectivity index (χ4n) is 2.28. The number of non-ortho nitro benzene ring substituents is 1. The van der Waals surface area contributed by atoms with Gasteiger partial charge in [0, 0.05) is 27.6 Å². The monoisotopic (exact) mass is 408 g/mol. The summed E-state index contributed by atoms with van der Waals surface area (Å²) in [6, 6.07) is 9.43. The molecule has 6 nitrogen and oxygen atoms in total. The van der Waals surface area contributed by atoms with Gasteiger partial charge in [-0.05, 0) is 24.3 Å². The van der Waals surface area contributed by atoms with Crippen LogP contribution in [-0.2, 0) is 11.2 Å². The van der Waals surface area contributed by atoms with Crippen LogP contribution in [0.25, 0.3) is 11.0 Å². The molecule has 0 aliphatic heterocycles. The van der Waals surface area contributed by atoms with Crippen LogP contribution in [0.5, 0.6) is 0 Å². The molecule has 3 aromatic rings. The summed E-state index contributed by atoms with van der Waals surface area (Å²) in [4.78, 5) is 22.4. The molecular weight excluding hydrogens is 400 g/mol. The lowest BCUT2D eigenvalue weighted by Crippen LogP contribution is -2.14. The molecule has 2 aromatic carbocycles. The standard InChI is InChI=1S/C16H10BrClN2O4/c17-10-1-4-15-12(6-10)9(8-24-15)5-16(21)19-14-3-2-11(20(22)23)7-13(14)18/h1-4,6-8H,5H2,(H,19,21). The van der Waals surface area contributed by atoms with Crippen LogP contribution in [0.15, 0.2) is 51.6 Å². The summed E-state index contributed by atoms with van der Waals surface area (Å²) in [5, 5.41) is 14.3. The molecule has 24 heavy (non-hydrogen) atoms. The third kappa shape index (κ3) is 3.42. The molecule has 0 saturated heterocycles. The number of nitro groups is 1. The highest BCUT2D eigenvalue weighted by molar-refractivity contribution is 9.10. The van der Waals surface area contributed by atoms with Gasteiger partial charge in [0.25, 0.3) is 5.69 Å². The van der Waals surface area contributed by atoms with Crippen molar-refractivity contribution in [2.45, 2.75) is 6.42 Å². The van der Waals surface area contributed by atoms with Crippen molar-refractivity contribution >= 4 is 55.8 Å². The van der Waals surface area contributed by atoms with Crippen LogP contribution >= 0.6 is 27.5 Å².